The largest absolute Gasteiger partial charge is 0.392 e. The Morgan fingerprint density at radius 2 is 2.38 bits per heavy atom. The second-order valence-electron chi connectivity index (χ2n) is 5.00. The third-order valence-corrected chi connectivity index (χ3v) is 3.72. The second-order valence-corrected chi connectivity index (χ2v) is 5.00. The van der Waals surface area contributed by atoms with Gasteiger partial charge in [-0.3, -0.25) is 0 Å². The fraction of sp³-hybridized carbons (Fsp3) is 0.818. The van der Waals surface area contributed by atoms with E-state index in [4.69, 9.17) is 0 Å². The molecule has 2 atom stereocenters. The van der Waals surface area contributed by atoms with Gasteiger partial charge in [0.1, 0.15) is 12.2 Å². The molecule has 16 heavy (non-hydrogen) atoms. The second kappa shape index (κ2) is 4.14. The lowest BCUT2D eigenvalue weighted by Gasteiger charge is -2.49. The first-order chi connectivity index (χ1) is 7.55. The molecule has 0 radical (unpaired) electrons. The van der Waals surface area contributed by atoms with Crippen LogP contribution in [0.25, 0.3) is 0 Å². The van der Waals surface area contributed by atoms with Gasteiger partial charge in [-0.2, -0.15) is 5.10 Å². The van der Waals surface area contributed by atoms with Gasteiger partial charge in [0.15, 0.2) is 0 Å². The zero-order valence-electron chi connectivity index (χ0n) is 10.1. The molecule has 2 rings (SSSR count). The molecule has 1 aliphatic rings. The molecule has 0 aliphatic heterocycles. The molecule has 1 aromatic heterocycles. The van der Waals surface area contributed by atoms with Crippen LogP contribution in [0, 0.1) is 5.41 Å². The summed E-state index contributed by atoms with van der Waals surface area (Å²) in [6, 6.07) is 0.365. The molecule has 0 amide bonds. The number of hydrogen-bond acceptors (Lipinski definition) is 4. The van der Waals surface area contributed by atoms with E-state index in [-0.39, 0.29) is 11.5 Å². The van der Waals surface area contributed by atoms with Gasteiger partial charge >= 0.3 is 0 Å². The number of aliphatic hydroxyl groups excluding tert-OH is 1. The first kappa shape index (κ1) is 11.5. The minimum absolute atomic E-state index is 0.0307. The number of aryl methyl sites for hydroxylation is 1. The van der Waals surface area contributed by atoms with E-state index in [0.717, 1.165) is 18.8 Å². The highest BCUT2D eigenvalue weighted by Crippen LogP contribution is 2.40. The van der Waals surface area contributed by atoms with Crippen molar-refractivity contribution in [2.45, 2.75) is 52.4 Å². The van der Waals surface area contributed by atoms with E-state index < -0.39 is 0 Å². The van der Waals surface area contributed by atoms with Crippen LogP contribution in [0.3, 0.4) is 0 Å². The molecule has 5 nitrogen and oxygen atoms in total. The van der Waals surface area contributed by atoms with E-state index >= 15 is 0 Å². The minimum Gasteiger partial charge on any atom is -0.392 e. The molecular formula is C11H20N4O. The van der Waals surface area contributed by atoms with Crippen molar-refractivity contribution in [1.82, 2.24) is 20.1 Å². The lowest BCUT2D eigenvalue weighted by Crippen LogP contribution is -2.59. The highest BCUT2D eigenvalue weighted by Gasteiger charge is 2.46. The Morgan fingerprint density at radius 1 is 1.62 bits per heavy atom. The molecule has 5 heteroatoms. The normalized spacial score (nSPS) is 27.8. The van der Waals surface area contributed by atoms with Gasteiger partial charge in [0.2, 0.25) is 0 Å². The molecule has 2 unspecified atom stereocenters. The maximum Gasteiger partial charge on any atom is 0.140 e. The summed E-state index contributed by atoms with van der Waals surface area (Å²) >= 11 is 0. The Labute approximate surface area is 95.9 Å². The third kappa shape index (κ3) is 1.85. The molecule has 1 fully saturated rings. The first-order valence-corrected chi connectivity index (χ1v) is 5.83. The van der Waals surface area contributed by atoms with Crippen LogP contribution in [0.15, 0.2) is 6.33 Å². The maximum atomic E-state index is 9.63. The van der Waals surface area contributed by atoms with Crippen molar-refractivity contribution in [3.05, 3.63) is 12.2 Å². The van der Waals surface area contributed by atoms with Gasteiger partial charge in [0, 0.05) is 18.0 Å². The quantitative estimate of drug-likeness (QED) is 0.784. The first-order valence-electron chi connectivity index (χ1n) is 5.83. The summed E-state index contributed by atoms with van der Waals surface area (Å²) in [5.41, 5.74) is -0.0307. The Hall–Kier alpha value is -0.940. The van der Waals surface area contributed by atoms with Crippen molar-refractivity contribution < 1.29 is 5.11 Å². The van der Waals surface area contributed by atoms with Gasteiger partial charge < -0.3 is 10.4 Å². The predicted octanol–water partition coefficient (Wildman–Crippen LogP) is 0.547. The molecule has 0 saturated heterocycles. The molecule has 1 aromatic rings. The van der Waals surface area contributed by atoms with E-state index in [0.29, 0.717) is 12.6 Å². The molecule has 1 heterocycles. The standard InChI is InChI=1S/C11H20N4O/c1-4-15-10(13-7-14-15)6-12-8-5-9(16)11(8,2)3/h7-9,12,16H,4-6H2,1-3H3. The van der Waals surface area contributed by atoms with E-state index in [1.165, 1.54) is 0 Å². The van der Waals surface area contributed by atoms with Gasteiger partial charge in [-0.1, -0.05) is 13.8 Å². The molecule has 1 saturated carbocycles. The zero-order chi connectivity index (χ0) is 11.8. The third-order valence-electron chi connectivity index (χ3n) is 3.72. The molecular weight excluding hydrogens is 204 g/mol. The van der Waals surface area contributed by atoms with Gasteiger partial charge in [-0.15, -0.1) is 0 Å². The van der Waals surface area contributed by atoms with E-state index in [2.05, 4.69) is 36.2 Å². The van der Waals surface area contributed by atoms with Crippen molar-refractivity contribution in [3.63, 3.8) is 0 Å². The molecule has 0 spiro atoms. The van der Waals surface area contributed by atoms with E-state index in [1.807, 2.05) is 4.68 Å². The predicted molar refractivity (Wildman–Crippen MR) is 60.7 cm³/mol. The fourth-order valence-electron chi connectivity index (χ4n) is 2.15. The Bertz CT molecular complexity index is 361. The van der Waals surface area contributed by atoms with Crippen LogP contribution >= 0.6 is 0 Å². The summed E-state index contributed by atoms with van der Waals surface area (Å²) in [7, 11) is 0. The lowest BCUT2D eigenvalue weighted by molar-refractivity contribution is -0.0732. The van der Waals surface area contributed by atoms with E-state index in [1.54, 1.807) is 6.33 Å². The Kier molecular flexibility index (Phi) is 2.99. The van der Waals surface area contributed by atoms with Crippen molar-refractivity contribution in [2.75, 3.05) is 0 Å². The average molecular weight is 224 g/mol. The number of rotatable bonds is 4. The zero-order valence-corrected chi connectivity index (χ0v) is 10.1. The van der Waals surface area contributed by atoms with Crippen molar-refractivity contribution in [1.29, 1.82) is 0 Å². The summed E-state index contributed by atoms with van der Waals surface area (Å²) in [6.45, 7) is 7.78. The van der Waals surface area contributed by atoms with Gasteiger partial charge in [0.05, 0.1) is 12.6 Å². The summed E-state index contributed by atoms with van der Waals surface area (Å²) in [5, 5.41) is 17.2. The van der Waals surface area contributed by atoms with Crippen molar-refractivity contribution in [3.8, 4) is 0 Å². The summed E-state index contributed by atoms with van der Waals surface area (Å²) in [4.78, 5) is 4.21. The smallest absolute Gasteiger partial charge is 0.140 e. The highest BCUT2D eigenvalue weighted by atomic mass is 16.3. The average Bonchev–Trinajstić information content (AvgIpc) is 2.71. The number of nitrogens with zero attached hydrogens (tertiary/aromatic N) is 3. The molecule has 0 aromatic carbocycles. The van der Waals surface area contributed by atoms with E-state index in [9.17, 15) is 5.11 Å². The fourth-order valence-corrected chi connectivity index (χ4v) is 2.15. The topological polar surface area (TPSA) is 63.0 Å². The van der Waals surface area contributed by atoms with Crippen LogP contribution in [0.4, 0.5) is 0 Å². The molecule has 2 N–H and O–H groups in total. The maximum absolute atomic E-state index is 9.63. The van der Waals surface area contributed by atoms with Gasteiger partial charge in [-0.25, -0.2) is 9.67 Å². The van der Waals surface area contributed by atoms with Crippen LogP contribution in [-0.2, 0) is 13.1 Å². The SMILES string of the molecule is CCn1ncnc1CNC1CC(O)C1(C)C. The van der Waals surface area contributed by atoms with Crippen LogP contribution in [-0.4, -0.2) is 32.0 Å². The monoisotopic (exact) mass is 224 g/mol. The van der Waals surface area contributed by atoms with Crippen LogP contribution in [0.5, 0.6) is 0 Å². The lowest BCUT2D eigenvalue weighted by atomic mass is 9.64. The van der Waals surface area contributed by atoms with Crippen LogP contribution in [0.2, 0.25) is 0 Å². The summed E-state index contributed by atoms with van der Waals surface area (Å²) < 4.78 is 1.88. The Balaban J connectivity index is 1.89. The number of hydrogen-bond donors (Lipinski definition) is 2. The van der Waals surface area contributed by atoms with Gasteiger partial charge in [-0.05, 0) is 13.3 Å². The number of aromatic nitrogens is 3. The Morgan fingerprint density at radius 3 is 2.94 bits per heavy atom. The number of nitrogens with one attached hydrogen (secondary N) is 1. The van der Waals surface area contributed by atoms with Crippen molar-refractivity contribution in [2.24, 2.45) is 5.41 Å². The van der Waals surface area contributed by atoms with Crippen molar-refractivity contribution >= 4 is 0 Å². The van der Waals surface area contributed by atoms with Gasteiger partial charge in [0.25, 0.3) is 0 Å². The molecule has 0 bridgehead atoms. The van der Waals surface area contributed by atoms with Crippen LogP contribution in [0.1, 0.15) is 33.0 Å². The highest BCUT2D eigenvalue weighted by molar-refractivity contribution is 5.02. The molecule has 1 aliphatic carbocycles. The molecule has 90 valence electrons. The minimum atomic E-state index is -0.186. The summed E-state index contributed by atoms with van der Waals surface area (Å²) in [5.74, 6) is 0.958. The number of aliphatic hydroxyl groups is 1. The summed E-state index contributed by atoms with van der Waals surface area (Å²) in [6.07, 6.45) is 2.23. The van der Waals surface area contributed by atoms with Crippen LogP contribution < -0.4 is 5.32 Å².